The quantitative estimate of drug-likeness (QED) is 0.146. The lowest BCUT2D eigenvalue weighted by atomic mass is 9.53. The van der Waals surface area contributed by atoms with Crippen molar-refractivity contribution < 1.29 is 58.4 Å². The first-order chi connectivity index (χ1) is 23.3. The highest BCUT2D eigenvalue weighted by Gasteiger charge is 2.90. The second-order valence-electron chi connectivity index (χ2n) is 14.1. The second-order valence-corrected chi connectivity index (χ2v) is 14.1. The van der Waals surface area contributed by atoms with Gasteiger partial charge in [0.1, 0.15) is 30.0 Å². The van der Waals surface area contributed by atoms with Crippen LogP contribution in [0.4, 0.5) is 0 Å². The van der Waals surface area contributed by atoms with Crippen molar-refractivity contribution in [2.24, 2.45) is 17.8 Å². The average Bonchev–Trinajstić information content (AvgIpc) is 3.72. The molecular weight excluding hydrogens is 636 g/mol. The lowest BCUT2D eigenvalue weighted by Gasteiger charge is -2.61. The predicted molar refractivity (Wildman–Crippen MR) is 170 cm³/mol. The number of aliphatic hydroxyl groups excluding tert-OH is 2. The number of carbonyl (C=O) groups excluding carboxylic acids is 2. The van der Waals surface area contributed by atoms with Crippen molar-refractivity contribution in [2.45, 2.75) is 73.6 Å². The van der Waals surface area contributed by atoms with Crippen molar-refractivity contribution in [1.29, 1.82) is 0 Å². The SMILES string of the molecule is C=C(C)[C@@]12O[C@@]3(c4ccccc4)O[C@@H]1[C@@H]1[C@@H]4O[C@]4(CO)[C@@H](O)[C@]4(O)C(=O)C(C)=C[C@H]4[C@@]1(O3)[C@H](C)[C@H]2OC(=O)C=Cc1ccc(O)c(OC)c1. The van der Waals surface area contributed by atoms with E-state index >= 15 is 0 Å². The Morgan fingerprint density at radius 3 is 2.51 bits per heavy atom. The molecule has 8 rings (SSSR count). The van der Waals surface area contributed by atoms with Crippen LogP contribution in [0.2, 0.25) is 0 Å². The minimum atomic E-state index is -2.46. The zero-order valence-corrected chi connectivity index (χ0v) is 27.4. The van der Waals surface area contributed by atoms with Gasteiger partial charge in [-0.1, -0.05) is 56.0 Å². The number of carbonyl (C=O) groups is 2. The van der Waals surface area contributed by atoms with E-state index in [1.165, 1.54) is 25.3 Å². The number of phenolic OH excluding ortho intramolecular Hbond substituents is 1. The van der Waals surface area contributed by atoms with Crippen LogP contribution in [0.15, 0.2) is 78.4 Å². The minimum absolute atomic E-state index is 0.0563. The van der Waals surface area contributed by atoms with E-state index in [2.05, 4.69) is 6.58 Å². The maximum Gasteiger partial charge on any atom is 0.331 e. The van der Waals surface area contributed by atoms with Crippen LogP contribution in [-0.2, 0) is 39.2 Å². The van der Waals surface area contributed by atoms with Crippen LogP contribution in [0.25, 0.3) is 6.08 Å². The van der Waals surface area contributed by atoms with Crippen LogP contribution in [0.3, 0.4) is 0 Å². The van der Waals surface area contributed by atoms with Gasteiger partial charge in [0.05, 0.1) is 19.3 Å². The van der Waals surface area contributed by atoms with Crippen molar-refractivity contribution in [3.63, 3.8) is 0 Å². The van der Waals surface area contributed by atoms with Gasteiger partial charge in [-0.2, -0.15) is 0 Å². The largest absolute Gasteiger partial charge is 0.504 e. The first-order valence-electron chi connectivity index (χ1n) is 16.2. The van der Waals surface area contributed by atoms with Gasteiger partial charge in [0.15, 0.2) is 28.5 Å². The molecule has 4 N–H and O–H groups in total. The van der Waals surface area contributed by atoms with E-state index in [9.17, 15) is 30.0 Å². The minimum Gasteiger partial charge on any atom is -0.504 e. The number of esters is 1. The van der Waals surface area contributed by atoms with Crippen LogP contribution < -0.4 is 4.74 Å². The summed E-state index contributed by atoms with van der Waals surface area (Å²) in [6.45, 7) is 8.68. The van der Waals surface area contributed by atoms with Crippen molar-refractivity contribution in [1.82, 2.24) is 0 Å². The Morgan fingerprint density at radius 2 is 1.84 bits per heavy atom. The van der Waals surface area contributed by atoms with E-state index in [0.717, 1.165) is 0 Å². The Morgan fingerprint density at radius 1 is 1.10 bits per heavy atom. The van der Waals surface area contributed by atoms with Crippen molar-refractivity contribution in [2.75, 3.05) is 13.7 Å². The molecule has 258 valence electrons. The summed E-state index contributed by atoms with van der Waals surface area (Å²) in [4.78, 5) is 27.6. The molecule has 0 unspecified atom stereocenters. The number of fused-ring (bicyclic) bond motifs is 3. The number of rotatable bonds is 7. The highest BCUT2D eigenvalue weighted by Crippen LogP contribution is 2.74. The molecule has 3 saturated heterocycles. The topological polar surface area (TPSA) is 174 Å². The Labute approximate surface area is 282 Å². The van der Waals surface area contributed by atoms with Gasteiger partial charge in [0.25, 0.3) is 0 Å². The number of ketones is 1. The van der Waals surface area contributed by atoms with Gasteiger partial charge >= 0.3 is 11.9 Å². The molecule has 49 heavy (non-hydrogen) atoms. The van der Waals surface area contributed by atoms with E-state index < -0.39 is 88.9 Å². The van der Waals surface area contributed by atoms with Crippen molar-refractivity contribution >= 4 is 17.8 Å². The first kappa shape index (κ1) is 32.3. The highest BCUT2D eigenvalue weighted by molar-refractivity contribution is 6.05. The lowest BCUT2D eigenvalue weighted by Crippen LogP contribution is -2.76. The third kappa shape index (κ3) is 3.82. The molecule has 3 aliphatic carbocycles. The fourth-order valence-electron chi connectivity index (χ4n) is 9.44. The van der Waals surface area contributed by atoms with Gasteiger partial charge in [0.2, 0.25) is 0 Å². The lowest BCUT2D eigenvalue weighted by molar-refractivity contribution is -0.440. The molecule has 0 aromatic heterocycles. The summed E-state index contributed by atoms with van der Waals surface area (Å²) in [7, 11) is 1.42. The summed E-state index contributed by atoms with van der Waals surface area (Å²) >= 11 is 0. The van der Waals surface area contributed by atoms with Crippen LogP contribution in [0, 0.1) is 17.8 Å². The number of hydrogen-bond donors (Lipinski definition) is 4. The number of hydrogen-bond acceptors (Lipinski definition) is 12. The molecule has 3 aliphatic heterocycles. The molecule has 3 bridgehead atoms. The molecule has 2 aromatic rings. The highest BCUT2D eigenvalue weighted by atomic mass is 16.9. The number of ether oxygens (including phenoxy) is 6. The molecule has 2 saturated carbocycles. The predicted octanol–water partition coefficient (Wildman–Crippen LogP) is 2.28. The number of aromatic hydroxyl groups is 1. The van der Waals surface area contributed by atoms with E-state index in [4.69, 9.17) is 28.4 Å². The van der Waals surface area contributed by atoms with Crippen LogP contribution in [-0.4, -0.2) is 92.7 Å². The number of epoxide rings is 1. The standard InChI is InChI=1S/C37H38O12/c1-18(2)35-29(45-26(40)14-12-21-11-13-23(39)24(16-21)44-5)20(4)36-25-15-19(3)28(41)34(25,43)32(42)33(17-38)30(46-33)27(36)31(35)47-37(48-35,49-36)22-9-7-6-8-10-22/h6-16,20,25,27,29-32,38-39,42-43H,1,17H2,2-5H3/t20-,25-,27+,29-,30+,31-,32-,33+,34-,35+,36+,37-/m1/s1. The molecule has 5 fully saturated rings. The van der Waals surface area contributed by atoms with Gasteiger partial charge < -0.3 is 48.8 Å². The van der Waals surface area contributed by atoms with E-state index in [-0.39, 0.29) is 17.1 Å². The summed E-state index contributed by atoms with van der Waals surface area (Å²) in [6, 6.07) is 13.5. The summed E-state index contributed by atoms with van der Waals surface area (Å²) in [5.74, 6) is -6.08. The van der Waals surface area contributed by atoms with Crippen LogP contribution >= 0.6 is 0 Å². The van der Waals surface area contributed by atoms with Gasteiger partial charge in [-0.3, -0.25) is 4.79 Å². The molecule has 3 heterocycles. The molecule has 12 nitrogen and oxygen atoms in total. The monoisotopic (exact) mass is 674 g/mol. The molecule has 0 radical (unpaired) electrons. The molecular formula is C37H38O12. The Bertz CT molecular complexity index is 1840. The zero-order chi connectivity index (χ0) is 34.9. The third-order valence-electron chi connectivity index (χ3n) is 11.7. The number of phenols is 1. The van der Waals surface area contributed by atoms with E-state index in [0.29, 0.717) is 16.7 Å². The van der Waals surface area contributed by atoms with Crippen LogP contribution in [0.1, 0.15) is 31.9 Å². The van der Waals surface area contributed by atoms with E-state index in [1.54, 1.807) is 63.2 Å². The number of Topliss-reactive ketones (excluding diaryl/α,β-unsaturated/α-hetero) is 1. The molecule has 12 atom stereocenters. The smallest absolute Gasteiger partial charge is 0.331 e. The van der Waals surface area contributed by atoms with Gasteiger partial charge in [-0.15, -0.1) is 0 Å². The average molecular weight is 675 g/mol. The fraction of sp³-hybridized carbons (Fsp3) is 0.459. The summed E-state index contributed by atoms with van der Waals surface area (Å²) in [6.07, 6.45) is -0.587. The van der Waals surface area contributed by atoms with Crippen LogP contribution in [0.5, 0.6) is 11.5 Å². The van der Waals surface area contributed by atoms with Gasteiger partial charge in [-0.05, 0) is 48.8 Å². The van der Waals surface area contributed by atoms with Crippen molar-refractivity contribution in [3.05, 3.63) is 89.5 Å². The maximum atomic E-state index is 13.9. The normalized spacial score (nSPS) is 44.1. The zero-order valence-electron chi connectivity index (χ0n) is 27.4. The summed E-state index contributed by atoms with van der Waals surface area (Å²) < 4.78 is 38.5. The summed E-state index contributed by atoms with van der Waals surface area (Å²) in [5.41, 5.74) is -5.64. The number of benzene rings is 2. The third-order valence-corrected chi connectivity index (χ3v) is 11.7. The van der Waals surface area contributed by atoms with Gasteiger partial charge in [-0.25, -0.2) is 4.79 Å². The molecule has 12 heteroatoms. The Hall–Kier alpha value is -3.88. The number of methoxy groups -OCH3 is 1. The first-order valence-corrected chi connectivity index (χ1v) is 16.2. The fourth-order valence-corrected chi connectivity index (χ4v) is 9.44. The van der Waals surface area contributed by atoms with Crippen molar-refractivity contribution in [3.8, 4) is 11.5 Å². The van der Waals surface area contributed by atoms with E-state index in [1.807, 2.05) is 6.07 Å². The Balaban J connectivity index is 1.31. The molecule has 6 aliphatic rings. The number of aliphatic hydroxyl groups is 3. The Kier molecular flexibility index (Phi) is 6.82. The van der Waals surface area contributed by atoms with Gasteiger partial charge in [0, 0.05) is 29.4 Å². The maximum absolute atomic E-state index is 13.9. The molecule has 2 aromatic carbocycles. The molecule has 0 spiro atoms. The summed E-state index contributed by atoms with van der Waals surface area (Å²) in [5, 5.41) is 45.0. The molecule has 0 amide bonds. The second kappa shape index (κ2) is 10.3.